The molecule has 1 atom stereocenters. The van der Waals surface area contributed by atoms with E-state index in [1.807, 2.05) is 29.2 Å². The average molecular weight is 504 g/mol. The number of alkyl halides is 3. The fourth-order valence-electron chi connectivity index (χ4n) is 5.36. The van der Waals surface area contributed by atoms with E-state index < -0.39 is 17.2 Å². The van der Waals surface area contributed by atoms with Crippen LogP contribution < -0.4 is 0 Å². The topological polar surface area (TPSA) is 59.2 Å². The van der Waals surface area contributed by atoms with Gasteiger partial charge in [0.1, 0.15) is 0 Å². The van der Waals surface area contributed by atoms with E-state index in [-0.39, 0.29) is 17.7 Å². The summed E-state index contributed by atoms with van der Waals surface area (Å²) in [5.74, 6) is 0.589. The monoisotopic (exact) mass is 503 g/mol. The van der Waals surface area contributed by atoms with Gasteiger partial charge in [-0.15, -0.1) is 10.2 Å². The van der Waals surface area contributed by atoms with Crippen LogP contribution in [0, 0.1) is 0 Å². The van der Waals surface area contributed by atoms with Gasteiger partial charge in [-0.2, -0.15) is 13.2 Å². The Kier molecular flexibility index (Phi) is 6.34. The van der Waals surface area contributed by atoms with Crippen molar-refractivity contribution in [2.24, 2.45) is 0 Å². The van der Waals surface area contributed by atoms with Gasteiger partial charge >= 0.3 is 6.18 Å². The quantitative estimate of drug-likeness (QED) is 0.401. The molecule has 0 N–H and O–H groups in total. The third kappa shape index (κ3) is 4.68. The molecule has 2 aliphatic rings. The first-order chi connectivity index (χ1) is 16.8. The molecule has 1 aromatic heterocycles. The molecule has 2 heterocycles. The largest absolute Gasteiger partial charge is 0.420 e. The van der Waals surface area contributed by atoms with Crippen LogP contribution in [0.5, 0.6) is 0 Å². The van der Waals surface area contributed by atoms with Crippen LogP contribution in [-0.4, -0.2) is 34.1 Å². The number of benzene rings is 2. The highest BCUT2D eigenvalue weighted by Gasteiger charge is 2.46. The number of carbonyl (C=O) groups excluding carboxylic acids is 1. The molecule has 5 rings (SSSR count). The molecule has 0 radical (unpaired) electrons. The van der Waals surface area contributed by atoms with Gasteiger partial charge in [-0.3, -0.25) is 4.79 Å². The van der Waals surface area contributed by atoms with E-state index in [1.165, 1.54) is 12.1 Å². The highest BCUT2D eigenvalue weighted by molar-refractivity contribution is 6.30. The van der Waals surface area contributed by atoms with E-state index in [0.717, 1.165) is 56.2 Å². The number of nitrogens with zero attached hydrogens (tertiary/aromatic N) is 3. The highest BCUT2D eigenvalue weighted by Crippen LogP contribution is 2.44. The van der Waals surface area contributed by atoms with Crippen LogP contribution in [0.25, 0.3) is 11.5 Å². The molecule has 5 nitrogen and oxygen atoms in total. The predicted octanol–water partition coefficient (Wildman–Crippen LogP) is 6.63. The number of carbonyl (C=O) groups is 1. The summed E-state index contributed by atoms with van der Waals surface area (Å²) in [6, 6.07) is 12.2. The van der Waals surface area contributed by atoms with Crippen molar-refractivity contribution in [2.75, 3.05) is 13.1 Å². The maximum Gasteiger partial charge on any atom is 0.416 e. The van der Waals surface area contributed by atoms with Crippen molar-refractivity contribution >= 4 is 17.5 Å². The van der Waals surface area contributed by atoms with Crippen LogP contribution >= 0.6 is 11.6 Å². The molecule has 1 saturated carbocycles. The van der Waals surface area contributed by atoms with Crippen molar-refractivity contribution in [1.82, 2.24) is 15.1 Å². The Morgan fingerprint density at radius 3 is 2.34 bits per heavy atom. The van der Waals surface area contributed by atoms with Crippen LogP contribution in [0.1, 0.15) is 61.5 Å². The van der Waals surface area contributed by atoms with Crippen LogP contribution in [0.3, 0.4) is 0 Å². The van der Waals surface area contributed by atoms with Crippen molar-refractivity contribution in [3.63, 3.8) is 0 Å². The molecule has 1 aliphatic carbocycles. The summed E-state index contributed by atoms with van der Waals surface area (Å²) in [5.41, 5.74) is 0.165. The second-order valence-electron chi connectivity index (χ2n) is 9.41. The van der Waals surface area contributed by atoms with Gasteiger partial charge in [0.05, 0.1) is 16.9 Å². The van der Waals surface area contributed by atoms with Gasteiger partial charge in [0.25, 0.3) is 0 Å². The molecule has 1 unspecified atom stereocenters. The predicted molar refractivity (Wildman–Crippen MR) is 125 cm³/mol. The Balaban J connectivity index is 1.33. The summed E-state index contributed by atoms with van der Waals surface area (Å²) < 4.78 is 44.4. The third-order valence-electron chi connectivity index (χ3n) is 7.22. The number of rotatable bonds is 4. The van der Waals surface area contributed by atoms with Gasteiger partial charge < -0.3 is 9.32 Å². The molecular formula is C26H25ClF3N3O2. The van der Waals surface area contributed by atoms with Gasteiger partial charge in [0.15, 0.2) is 0 Å². The SMILES string of the molecule is O=C(N1CCCC(c2nnc(-c3ccc(C(F)(F)F)cc3)o2)C1)C1(c2ccc(Cl)cc2)CCCC1. The number of hydrogen-bond donors (Lipinski definition) is 0. The fraction of sp³-hybridized carbons (Fsp3) is 0.423. The van der Waals surface area contributed by atoms with Gasteiger partial charge in [-0.05, 0) is 67.6 Å². The van der Waals surface area contributed by atoms with Gasteiger partial charge in [0.2, 0.25) is 17.7 Å². The third-order valence-corrected chi connectivity index (χ3v) is 7.47. The van der Waals surface area contributed by atoms with Gasteiger partial charge in [-0.1, -0.05) is 36.6 Å². The zero-order valence-corrected chi connectivity index (χ0v) is 19.8. The van der Waals surface area contributed by atoms with Crippen molar-refractivity contribution < 1.29 is 22.4 Å². The van der Waals surface area contributed by atoms with Gasteiger partial charge in [-0.25, -0.2) is 0 Å². The Morgan fingerprint density at radius 2 is 1.69 bits per heavy atom. The normalized spacial score (nSPS) is 20.2. The molecule has 2 fully saturated rings. The minimum Gasteiger partial charge on any atom is -0.420 e. The molecule has 2 aromatic carbocycles. The van der Waals surface area contributed by atoms with Crippen molar-refractivity contribution in [3.8, 4) is 11.5 Å². The van der Waals surface area contributed by atoms with Crippen molar-refractivity contribution in [1.29, 1.82) is 0 Å². The molecule has 3 aromatic rings. The van der Waals surface area contributed by atoms with Crippen LogP contribution in [-0.2, 0) is 16.4 Å². The number of amides is 1. The summed E-state index contributed by atoms with van der Waals surface area (Å²) in [4.78, 5) is 15.8. The molecule has 184 valence electrons. The molecular weight excluding hydrogens is 479 g/mol. The summed E-state index contributed by atoms with van der Waals surface area (Å²) in [5, 5.41) is 8.87. The summed E-state index contributed by atoms with van der Waals surface area (Å²) in [7, 11) is 0. The molecule has 0 spiro atoms. The molecule has 1 saturated heterocycles. The average Bonchev–Trinajstić information content (AvgIpc) is 3.55. The fourth-order valence-corrected chi connectivity index (χ4v) is 5.48. The first-order valence-electron chi connectivity index (χ1n) is 11.8. The first kappa shape index (κ1) is 23.9. The second kappa shape index (κ2) is 9.30. The molecule has 35 heavy (non-hydrogen) atoms. The lowest BCUT2D eigenvalue weighted by atomic mass is 9.77. The molecule has 9 heteroatoms. The number of aromatic nitrogens is 2. The van der Waals surface area contributed by atoms with Crippen molar-refractivity contribution in [3.05, 3.63) is 70.6 Å². The Morgan fingerprint density at radius 1 is 1.00 bits per heavy atom. The Labute approximate surface area is 206 Å². The first-order valence-corrected chi connectivity index (χ1v) is 12.2. The van der Waals surface area contributed by atoms with Gasteiger partial charge in [0, 0.05) is 23.7 Å². The van der Waals surface area contributed by atoms with E-state index >= 15 is 0 Å². The Bertz CT molecular complexity index is 1190. The van der Waals surface area contributed by atoms with Crippen LogP contribution in [0.2, 0.25) is 5.02 Å². The number of likely N-dealkylation sites (tertiary alicyclic amines) is 1. The smallest absolute Gasteiger partial charge is 0.416 e. The molecule has 1 aliphatic heterocycles. The second-order valence-corrected chi connectivity index (χ2v) is 9.84. The standard InChI is InChI=1S/C26H25ClF3N3O2/c27-21-11-9-19(10-12-21)25(13-1-2-14-25)24(34)33-15-3-4-18(16-33)23-32-31-22(35-23)17-5-7-20(8-6-17)26(28,29)30/h5-12,18H,1-4,13-16H2. The maximum atomic E-state index is 13.9. The lowest BCUT2D eigenvalue weighted by Crippen LogP contribution is -2.49. The minimum atomic E-state index is -4.40. The van der Waals surface area contributed by atoms with Crippen molar-refractivity contribution in [2.45, 2.75) is 56.0 Å². The van der Waals surface area contributed by atoms with E-state index in [2.05, 4.69) is 10.2 Å². The number of piperidine rings is 1. The summed E-state index contributed by atoms with van der Waals surface area (Å²) in [6.45, 7) is 1.15. The summed E-state index contributed by atoms with van der Waals surface area (Å²) in [6.07, 6.45) is 0.842. The van der Waals surface area contributed by atoms with Crippen LogP contribution in [0.4, 0.5) is 13.2 Å². The van der Waals surface area contributed by atoms with E-state index in [0.29, 0.717) is 29.6 Å². The maximum absolute atomic E-state index is 13.9. The van der Waals surface area contributed by atoms with Crippen LogP contribution in [0.15, 0.2) is 52.9 Å². The molecule has 1 amide bonds. The molecule has 0 bridgehead atoms. The van der Waals surface area contributed by atoms with E-state index in [1.54, 1.807) is 0 Å². The zero-order chi connectivity index (χ0) is 24.6. The van der Waals surface area contributed by atoms with E-state index in [4.69, 9.17) is 16.0 Å². The lowest BCUT2D eigenvalue weighted by Gasteiger charge is -2.38. The number of hydrogen-bond acceptors (Lipinski definition) is 4. The van der Waals surface area contributed by atoms with E-state index in [9.17, 15) is 18.0 Å². The Hall–Kier alpha value is -2.87. The highest BCUT2D eigenvalue weighted by atomic mass is 35.5. The number of halogens is 4. The summed E-state index contributed by atoms with van der Waals surface area (Å²) >= 11 is 6.08. The minimum absolute atomic E-state index is 0.118. The zero-order valence-electron chi connectivity index (χ0n) is 19.0. The lowest BCUT2D eigenvalue weighted by molar-refractivity contribution is -0.139.